The first kappa shape index (κ1) is 12.4. The largest absolute Gasteiger partial charge is 0.395 e. The fourth-order valence-corrected chi connectivity index (χ4v) is 1.51. The Balaban J connectivity index is 3.71. The van der Waals surface area contributed by atoms with Crippen molar-refractivity contribution in [2.45, 2.75) is 33.5 Å². The zero-order valence-electron chi connectivity index (χ0n) is 9.34. The summed E-state index contributed by atoms with van der Waals surface area (Å²) in [7, 11) is 0. The Bertz CT molecular complexity index is 495. The van der Waals surface area contributed by atoms with Crippen LogP contribution < -0.4 is 17.1 Å². The number of nitrogens with zero attached hydrogens (tertiary/aromatic N) is 3. The van der Waals surface area contributed by atoms with E-state index in [0.717, 1.165) is 13.7 Å². The van der Waals surface area contributed by atoms with Gasteiger partial charge in [0.25, 0.3) is 0 Å². The molecule has 90 valence electrons. The molecule has 1 aromatic rings. The van der Waals surface area contributed by atoms with Gasteiger partial charge in [0.05, 0.1) is 13.2 Å². The molecule has 1 N–H and O–H groups in total. The van der Waals surface area contributed by atoms with E-state index in [9.17, 15) is 14.4 Å². The molecule has 1 rings (SSSR count). The van der Waals surface area contributed by atoms with Gasteiger partial charge in [0.2, 0.25) is 0 Å². The molecule has 0 saturated carbocycles. The van der Waals surface area contributed by atoms with Crippen molar-refractivity contribution < 1.29 is 5.11 Å². The number of aliphatic hydroxyl groups excluding tert-OH is 1. The summed E-state index contributed by atoms with van der Waals surface area (Å²) in [6.45, 7) is 3.28. The van der Waals surface area contributed by atoms with Crippen LogP contribution in [0.1, 0.15) is 13.8 Å². The molecule has 0 atom stereocenters. The summed E-state index contributed by atoms with van der Waals surface area (Å²) in [6.07, 6.45) is 0. The molecule has 0 amide bonds. The number of hydrogen-bond donors (Lipinski definition) is 1. The number of aliphatic hydroxyl groups is 1. The molecule has 7 nitrogen and oxygen atoms in total. The van der Waals surface area contributed by atoms with Gasteiger partial charge in [0, 0.05) is 13.1 Å². The zero-order valence-corrected chi connectivity index (χ0v) is 9.34. The summed E-state index contributed by atoms with van der Waals surface area (Å²) in [5.74, 6) is 0. The molecule has 0 unspecified atom stereocenters. The minimum atomic E-state index is -0.670. The van der Waals surface area contributed by atoms with Gasteiger partial charge in [0.15, 0.2) is 0 Å². The monoisotopic (exact) mass is 229 g/mol. The lowest BCUT2D eigenvalue weighted by Gasteiger charge is -2.10. The van der Waals surface area contributed by atoms with Gasteiger partial charge in [-0.2, -0.15) is 0 Å². The van der Waals surface area contributed by atoms with Crippen molar-refractivity contribution in [1.82, 2.24) is 13.7 Å². The van der Waals surface area contributed by atoms with Crippen LogP contribution >= 0.6 is 0 Å². The molecule has 0 spiro atoms. The third kappa shape index (κ3) is 1.85. The molecule has 0 radical (unpaired) electrons. The Morgan fingerprint density at radius 1 is 0.875 bits per heavy atom. The Labute approximate surface area is 91.2 Å². The van der Waals surface area contributed by atoms with Gasteiger partial charge in [-0.25, -0.2) is 28.1 Å². The first-order valence-corrected chi connectivity index (χ1v) is 5.13. The van der Waals surface area contributed by atoms with Gasteiger partial charge < -0.3 is 5.11 Å². The number of aromatic nitrogens is 3. The highest BCUT2D eigenvalue weighted by molar-refractivity contribution is 4.78. The fourth-order valence-electron chi connectivity index (χ4n) is 1.51. The van der Waals surface area contributed by atoms with E-state index in [0.29, 0.717) is 0 Å². The second-order valence-electron chi connectivity index (χ2n) is 3.21. The van der Waals surface area contributed by atoms with Crippen LogP contribution in [0.4, 0.5) is 0 Å². The molecule has 0 aliphatic heterocycles. The molecule has 16 heavy (non-hydrogen) atoms. The maximum Gasteiger partial charge on any atom is 0.336 e. The highest BCUT2D eigenvalue weighted by Gasteiger charge is 2.12. The van der Waals surface area contributed by atoms with Crippen molar-refractivity contribution in [2.24, 2.45) is 0 Å². The Kier molecular flexibility index (Phi) is 3.83. The lowest BCUT2D eigenvalue weighted by atomic mass is 10.6. The van der Waals surface area contributed by atoms with Crippen molar-refractivity contribution >= 4 is 0 Å². The molecule has 0 aliphatic carbocycles. The average Bonchev–Trinajstić information content (AvgIpc) is 2.26. The van der Waals surface area contributed by atoms with E-state index in [1.54, 1.807) is 13.8 Å². The lowest BCUT2D eigenvalue weighted by molar-refractivity contribution is 0.265. The molecule has 1 heterocycles. The summed E-state index contributed by atoms with van der Waals surface area (Å²) in [6, 6.07) is 0. The molecule has 0 bridgehead atoms. The van der Waals surface area contributed by atoms with Crippen LogP contribution in [-0.4, -0.2) is 25.4 Å². The normalized spacial score (nSPS) is 10.7. The van der Waals surface area contributed by atoms with Gasteiger partial charge in [-0.05, 0) is 13.8 Å². The van der Waals surface area contributed by atoms with Crippen LogP contribution in [-0.2, 0) is 19.6 Å². The van der Waals surface area contributed by atoms with Gasteiger partial charge in [0.1, 0.15) is 0 Å². The van der Waals surface area contributed by atoms with Gasteiger partial charge in [-0.3, -0.25) is 0 Å². The van der Waals surface area contributed by atoms with Gasteiger partial charge in [-0.1, -0.05) is 0 Å². The Hall–Kier alpha value is -1.63. The molecule has 0 fully saturated rings. The predicted octanol–water partition coefficient (Wildman–Crippen LogP) is -1.80. The highest BCUT2D eigenvalue weighted by Crippen LogP contribution is 1.75. The maximum absolute atomic E-state index is 11.7. The van der Waals surface area contributed by atoms with E-state index in [-0.39, 0.29) is 26.2 Å². The smallest absolute Gasteiger partial charge is 0.336 e. The van der Waals surface area contributed by atoms with E-state index in [4.69, 9.17) is 5.11 Å². The molecule has 0 saturated heterocycles. The average molecular weight is 229 g/mol. The minimum Gasteiger partial charge on any atom is -0.395 e. The quantitative estimate of drug-likeness (QED) is 0.660. The molecular weight excluding hydrogens is 214 g/mol. The van der Waals surface area contributed by atoms with Crippen LogP contribution in [0.2, 0.25) is 0 Å². The molecule has 1 aromatic heterocycles. The maximum atomic E-state index is 11.7. The molecule has 0 aliphatic rings. The zero-order chi connectivity index (χ0) is 12.3. The number of rotatable bonds is 4. The summed E-state index contributed by atoms with van der Waals surface area (Å²) in [5, 5.41) is 8.77. The molecule has 7 heteroatoms. The van der Waals surface area contributed by atoms with E-state index >= 15 is 0 Å². The third-order valence-electron chi connectivity index (χ3n) is 2.34. The van der Waals surface area contributed by atoms with E-state index in [1.165, 1.54) is 0 Å². The van der Waals surface area contributed by atoms with Gasteiger partial charge in [-0.15, -0.1) is 0 Å². The summed E-state index contributed by atoms with van der Waals surface area (Å²) in [4.78, 5) is 35.1. The second kappa shape index (κ2) is 4.93. The minimum absolute atomic E-state index is 0.0993. The predicted molar refractivity (Wildman–Crippen MR) is 57.7 cm³/mol. The van der Waals surface area contributed by atoms with Crippen molar-refractivity contribution in [1.29, 1.82) is 0 Å². The highest BCUT2D eigenvalue weighted by atomic mass is 16.3. The summed E-state index contributed by atoms with van der Waals surface area (Å²) in [5.41, 5.74) is -1.94. The fraction of sp³-hybridized carbons (Fsp3) is 0.667. The number of hydrogen-bond acceptors (Lipinski definition) is 4. The van der Waals surface area contributed by atoms with E-state index < -0.39 is 17.1 Å². The first-order valence-electron chi connectivity index (χ1n) is 5.13. The Morgan fingerprint density at radius 2 is 1.25 bits per heavy atom. The van der Waals surface area contributed by atoms with Crippen molar-refractivity contribution in [3.63, 3.8) is 0 Å². The molecular formula is C9H15N3O4. The van der Waals surface area contributed by atoms with Crippen LogP contribution in [0, 0.1) is 0 Å². The van der Waals surface area contributed by atoms with Crippen LogP contribution in [0.5, 0.6) is 0 Å². The first-order chi connectivity index (χ1) is 7.58. The Morgan fingerprint density at radius 3 is 1.56 bits per heavy atom. The van der Waals surface area contributed by atoms with Crippen molar-refractivity contribution in [2.75, 3.05) is 6.61 Å². The van der Waals surface area contributed by atoms with E-state index in [2.05, 4.69) is 0 Å². The van der Waals surface area contributed by atoms with Crippen LogP contribution in [0.25, 0.3) is 0 Å². The summed E-state index contributed by atoms with van der Waals surface area (Å²) >= 11 is 0. The SMILES string of the molecule is CCn1c(=O)n(CC)c(=O)n(CCO)c1=O. The summed E-state index contributed by atoms with van der Waals surface area (Å²) < 4.78 is 2.81. The van der Waals surface area contributed by atoms with Crippen molar-refractivity contribution in [3.8, 4) is 0 Å². The van der Waals surface area contributed by atoms with E-state index in [1.807, 2.05) is 0 Å². The standard InChI is InChI=1S/C9H15N3O4/c1-3-10-7(14)11(4-2)9(16)12(5-6-13)8(10)15/h13H,3-6H2,1-2H3. The molecule has 0 aromatic carbocycles. The topological polar surface area (TPSA) is 86.2 Å². The van der Waals surface area contributed by atoms with Gasteiger partial charge >= 0.3 is 17.1 Å². The third-order valence-corrected chi connectivity index (χ3v) is 2.34. The second-order valence-corrected chi connectivity index (χ2v) is 3.21. The lowest BCUT2D eigenvalue weighted by Crippen LogP contribution is -2.54. The van der Waals surface area contributed by atoms with Crippen LogP contribution in [0.15, 0.2) is 14.4 Å². The van der Waals surface area contributed by atoms with Crippen LogP contribution in [0.3, 0.4) is 0 Å². The van der Waals surface area contributed by atoms with Crippen molar-refractivity contribution in [3.05, 3.63) is 31.5 Å².